The number of hydrogen-bond donors (Lipinski definition) is 0. The van der Waals surface area contributed by atoms with Crippen LogP contribution in [0.1, 0.15) is 48.3 Å². The molecule has 2 aromatic rings. The molecule has 128 valence electrons. The quantitative estimate of drug-likeness (QED) is 0.780. The van der Waals surface area contributed by atoms with Crippen molar-refractivity contribution in [2.24, 2.45) is 0 Å². The number of hydrogen-bond acceptors (Lipinski definition) is 5. The molecule has 0 bridgehead atoms. The van der Waals surface area contributed by atoms with Gasteiger partial charge in [-0.2, -0.15) is 0 Å². The van der Waals surface area contributed by atoms with Gasteiger partial charge in [0.15, 0.2) is 0 Å². The maximum Gasteiger partial charge on any atom is 0.316 e. The Morgan fingerprint density at radius 1 is 1.21 bits per heavy atom. The number of esters is 1. The van der Waals surface area contributed by atoms with Gasteiger partial charge in [-0.1, -0.05) is 30.1 Å². The number of aromatic nitrogens is 1. The van der Waals surface area contributed by atoms with Gasteiger partial charge < -0.3 is 14.0 Å². The van der Waals surface area contributed by atoms with Gasteiger partial charge in [0, 0.05) is 0 Å². The fraction of sp³-hybridized carbons (Fsp3) is 0.474. The van der Waals surface area contributed by atoms with Crippen molar-refractivity contribution in [3.05, 3.63) is 46.8 Å². The Bertz CT molecular complexity index is 692. The predicted molar refractivity (Wildman–Crippen MR) is 88.9 cm³/mol. The Morgan fingerprint density at radius 2 is 1.88 bits per heavy atom. The molecule has 0 radical (unpaired) electrons. The van der Waals surface area contributed by atoms with E-state index in [-0.39, 0.29) is 12.6 Å². The van der Waals surface area contributed by atoms with Crippen LogP contribution >= 0.6 is 0 Å². The Morgan fingerprint density at radius 3 is 2.42 bits per heavy atom. The van der Waals surface area contributed by atoms with Crippen LogP contribution in [0.4, 0.5) is 0 Å². The molecule has 1 aromatic heterocycles. The van der Waals surface area contributed by atoms with Crippen molar-refractivity contribution in [3.8, 4) is 5.75 Å². The molecule has 0 atom stereocenters. The Labute approximate surface area is 141 Å². The largest absolute Gasteiger partial charge is 0.497 e. The van der Waals surface area contributed by atoms with Crippen molar-refractivity contribution in [3.63, 3.8) is 0 Å². The highest BCUT2D eigenvalue weighted by molar-refractivity contribution is 5.83. The van der Waals surface area contributed by atoms with Gasteiger partial charge in [0.05, 0.1) is 23.8 Å². The molecule has 24 heavy (non-hydrogen) atoms. The lowest BCUT2D eigenvalue weighted by Gasteiger charge is -2.27. The van der Waals surface area contributed by atoms with Crippen LogP contribution in [-0.4, -0.2) is 18.2 Å². The second kappa shape index (κ2) is 6.67. The van der Waals surface area contributed by atoms with E-state index in [1.54, 1.807) is 7.11 Å². The van der Waals surface area contributed by atoms with Crippen molar-refractivity contribution in [1.29, 1.82) is 0 Å². The summed E-state index contributed by atoms with van der Waals surface area (Å²) >= 11 is 0. The molecule has 1 heterocycles. The monoisotopic (exact) mass is 329 g/mol. The number of nitrogens with zero attached hydrogens (tertiary/aromatic N) is 1. The summed E-state index contributed by atoms with van der Waals surface area (Å²) < 4.78 is 16.0. The molecule has 5 heteroatoms. The molecule has 0 saturated heterocycles. The highest BCUT2D eigenvalue weighted by atomic mass is 16.5. The molecule has 1 aliphatic rings. The molecule has 3 rings (SSSR count). The number of carbonyl (C=O) groups is 1. The van der Waals surface area contributed by atoms with Crippen molar-refractivity contribution >= 4 is 5.97 Å². The minimum absolute atomic E-state index is 0.162. The van der Waals surface area contributed by atoms with Gasteiger partial charge in [0.25, 0.3) is 0 Å². The summed E-state index contributed by atoms with van der Waals surface area (Å²) in [6.07, 6.45) is 3.71. The lowest BCUT2D eigenvalue weighted by atomic mass is 9.79. The fourth-order valence-corrected chi connectivity index (χ4v) is 3.48. The first-order valence-electron chi connectivity index (χ1n) is 8.30. The van der Waals surface area contributed by atoms with Gasteiger partial charge in [-0.3, -0.25) is 4.79 Å². The van der Waals surface area contributed by atoms with Crippen LogP contribution in [0, 0.1) is 13.8 Å². The number of methoxy groups -OCH3 is 1. The number of ether oxygens (including phenoxy) is 2. The molecule has 1 saturated carbocycles. The van der Waals surface area contributed by atoms with E-state index in [1.165, 1.54) is 0 Å². The van der Waals surface area contributed by atoms with Crippen molar-refractivity contribution in [2.75, 3.05) is 7.11 Å². The molecule has 1 fully saturated rings. The van der Waals surface area contributed by atoms with Gasteiger partial charge in [-0.05, 0) is 44.4 Å². The van der Waals surface area contributed by atoms with Gasteiger partial charge >= 0.3 is 5.97 Å². The second-order valence-electron chi connectivity index (χ2n) is 6.40. The van der Waals surface area contributed by atoms with Crippen molar-refractivity contribution in [2.45, 2.75) is 51.6 Å². The third kappa shape index (κ3) is 2.90. The molecule has 1 aromatic carbocycles. The highest BCUT2D eigenvalue weighted by Crippen LogP contribution is 2.42. The summed E-state index contributed by atoms with van der Waals surface area (Å²) in [5.41, 5.74) is 2.08. The zero-order valence-corrected chi connectivity index (χ0v) is 14.4. The molecular weight excluding hydrogens is 306 g/mol. The molecule has 0 unspecified atom stereocenters. The summed E-state index contributed by atoms with van der Waals surface area (Å²) in [4.78, 5) is 12.9. The highest BCUT2D eigenvalue weighted by Gasteiger charge is 2.44. The van der Waals surface area contributed by atoms with E-state index >= 15 is 0 Å². The van der Waals surface area contributed by atoms with E-state index < -0.39 is 5.41 Å². The van der Waals surface area contributed by atoms with Gasteiger partial charge in [-0.25, -0.2) is 0 Å². The Balaban J connectivity index is 1.80. The number of benzene rings is 1. The summed E-state index contributed by atoms with van der Waals surface area (Å²) in [6, 6.07) is 7.75. The van der Waals surface area contributed by atoms with Crippen LogP contribution in [0.2, 0.25) is 0 Å². The zero-order chi connectivity index (χ0) is 17.2. The summed E-state index contributed by atoms with van der Waals surface area (Å²) in [5, 5.41) is 3.91. The molecule has 5 nitrogen and oxygen atoms in total. The minimum Gasteiger partial charge on any atom is -0.497 e. The standard InChI is InChI=1S/C19H23NO4/c1-13-17(14(2)24-20-13)12-23-18(21)19(10-4-5-11-19)15-6-8-16(22-3)9-7-15/h6-9H,4-5,10-12H2,1-3H3. The maximum absolute atomic E-state index is 12.9. The first kappa shape index (κ1) is 16.6. The first-order chi connectivity index (χ1) is 11.6. The lowest BCUT2D eigenvalue weighted by molar-refractivity contribution is -0.152. The van der Waals surface area contributed by atoms with Crippen molar-refractivity contribution < 1.29 is 18.8 Å². The maximum atomic E-state index is 12.9. The van der Waals surface area contributed by atoms with Gasteiger partial charge in [0.2, 0.25) is 0 Å². The van der Waals surface area contributed by atoms with Gasteiger partial charge in [-0.15, -0.1) is 0 Å². The Hall–Kier alpha value is -2.30. The normalized spacial score (nSPS) is 16.1. The average molecular weight is 329 g/mol. The molecule has 0 N–H and O–H groups in total. The Kier molecular flexibility index (Phi) is 4.60. The minimum atomic E-state index is -0.550. The zero-order valence-electron chi connectivity index (χ0n) is 14.4. The number of aryl methyl sites for hydroxylation is 2. The average Bonchev–Trinajstić information content (AvgIpc) is 3.21. The number of carbonyl (C=O) groups excluding carboxylic acids is 1. The SMILES string of the molecule is COc1ccc(C2(C(=O)OCc3c(C)noc3C)CCCC2)cc1. The lowest BCUT2D eigenvalue weighted by Crippen LogP contribution is -2.34. The molecule has 0 spiro atoms. The van der Waals surface area contributed by atoms with Crippen LogP contribution in [0.25, 0.3) is 0 Å². The second-order valence-corrected chi connectivity index (χ2v) is 6.40. The van der Waals surface area contributed by atoms with E-state index in [9.17, 15) is 4.79 Å². The van der Waals surface area contributed by atoms with Crippen molar-refractivity contribution in [1.82, 2.24) is 5.16 Å². The topological polar surface area (TPSA) is 61.6 Å². The van der Waals surface area contributed by atoms with E-state index in [2.05, 4.69) is 5.16 Å². The van der Waals surface area contributed by atoms with E-state index in [4.69, 9.17) is 14.0 Å². The summed E-state index contributed by atoms with van der Waals surface area (Å²) in [6.45, 7) is 3.89. The fourth-order valence-electron chi connectivity index (χ4n) is 3.48. The van der Waals surface area contributed by atoms with Crippen LogP contribution in [0.5, 0.6) is 5.75 Å². The third-order valence-electron chi connectivity index (χ3n) is 5.02. The van der Waals surface area contributed by atoms with Crippen LogP contribution in [0.15, 0.2) is 28.8 Å². The van der Waals surface area contributed by atoms with E-state index in [0.29, 0.717) is 5.76 Å². The molecule has 1 aliphatic carbocycles. The molecule has 0 amide bonds. The van der Waals surface area contributed by atoms with Crippen LogP contribution < -0.4 is 4.74 Å². The predicted octanol–water partition coefficient (Wildman–Crippen LogP) is 3.86. The summed E-state index contributed by atoms with van der Waals surface area (Å²) in [5.74, 6) is 1.33. The smallest absolute Gasteiger partial charge is 0.316 e. The molecular formula is C19H23NO4. The first-order valence-corrected chi connectivity index (χ1v) is 8.30. The van der Waals surface area contributed by atoms with Crippen LogP contribution in [0.3, 0.4) is 0 Å². The molecule has 0 aliphatic heterocycles. The van der Waals surface area contributed by atoms with E-state index in [0.717, 1.165) is 48.3 Å². The number of rotatable bonds is 5. The summed E-state index contributed by atoms with van der Waals surface area (Å²) in [7, 11) is 1.64. The van der Waals surface area contributed by atoms with Crippen LogP contribution in [-0.2, 0) is 21.6 Å². The van der Waals surface area contributed by atoms with E-state index in [1.807, 2.05) is 38.1 Å². The third-order valence-corrected chi connectivity index (χ3v) is 5.02. The van der Waals surface area contributed by atoms with Gasteiger partial charge in [0.1, 0.15) is 18.1 Å².